The van der Waals surface area contributed by atoms with Gasteiger partial charge in [-0.1, -0.05) is 0 Å². The van der Waals surface area contributed by atoms with E-state index >= 15 is 0 Å². The van der Waals surface area contributed by atoms with Crippen LogP contribution in [0, 0.1) is 0 Å². The smallest absolute Gasteiger partial charge is 0.411 e. The van der Waals surface area contributed by atoms with E-state index in [0.29, 0.717) is 0 Å². The summed E-state index contributed by atoms with van der Waals surface area (Å²) in [5.74, 6) is 0. The number of aromatic nitrogens is 2. The van der Waals surface area contributed by atoms with Crippen molar-refractivity contribution in [2.24, 2.45) is 0 Å². The molecule has 1 aliphatic heterocycles. The van der Waals surface area contributed by atoms with E-state index in [-0.39, 0.29) is 18.2 Å². The van der Waals surface area contributed by atoms with E-state index in [1.807, 2.05) is 38.7 Å². The predicted molar refractivity (Wildman–Crippen MR) is 115 cm³/mol. The molecule has 0 bridgehead atoms. The Bertz CT molecular complexity index is 1020. The van der Waals surface area contributed by atoms with E-state index in [4.69, 9.17) is 15.5 Å². The average molecular weight is 417 g/mol. The molecule has 1 aliphatic rings. The van der Waals surface area contributed by atoms with Crippen LogP contribution in [0.5, 0.6) is 0 Å². The fraction of sp³-hybridized carbons (Fsp3) is 0.450. The van der Waals surface area contributed by atoms with Crippen molar-refractivity contribution in [3.8, 4) is 10.6 Å². The number of thiophene rings is 1. The molecule has 2 N–H and O–H groups in total. The van der Waals surface area contributed by atoms with Crippen LogP contribution in [0.3, 0.4) is 0 Å². The van der Waals surface area contributed by atoms with Crippen LogP contribution in [0.1, 0.15) is 51.1 Å². The van der Waals surface area contributed by atoms with Crippen molar-refractivity contribution in [1.82, 2.24) is 14.9 Å². The summed E-state index contributed by atoms with van der Waals surface area (Å²) in [6.07, 6.45) is 4.01. The molecule has 3 aromatic heterocycles. The summed E-state index contributed by atoms with van der Waals surface area (Å²) < 4.78 is 6.73. The van der Waals surface area contributed by atoms with E-state index in [1.54, 1.807) is 35.1 Å². The largest absolute Gasteiger partial charge is 0.444 e. The minimum Gasteiger partial charge on any atom is -0.444 e. The van der Waals surface area contributed by atoms with Gasteiger partial charge in [0, 0.05) is 22.7 Å². The third-order valence-electron chi connectivity index (χ3n) is 4.84. The number of amides is 1. The fourth-order valence-corrected chi connectivity index (χ4v) is 5.95. The third-order valence-corrected chi connectivity index (χ3v) is 7.13. The van der Waals surface area contributed by atoms with E-state index in [0.717, 1.165) is 37.1 Å². The second kappa shape index (κ2) is 6.70. The molecule has 2 atom stereocenters. The molecule has 0 spiro atoms. The molecule has 6 nitrogen and oxygen atoms in total. The van der Waals surface area contributed by atoms with Gasteiger partial charge in [0.05, 0.1) is 21.9 Å². The number of ether oxygens (including phenoxy) is 1. The summed E-state index contributed by atoms with van der Waals surface area (Å²) in [4.78, 5) is 24.6. The summed E-state index contributed by atoms with van der Waals surface area (Å²) in [7, 11) is 0. The maximum atomic E-state index is 12.8. The Morgan fingerprint density at radius 1 is 1.32 bits per heavy atom. The van der Waals surface area contributed by atoms with Crippen LogP contribution in [0.15, 0.2) is 18.5 Å². The number of carbonyl (C=O) groups is 1. The monoisotopic (exact) mass is 416 g/mol. The molecule has 0 radical (unpaired) electrons. The molecule has 28 heavy (non-hydrogen) atoms. The zero-order chi connectivity index (χ0) is 20.2. The number of fused-ring (bicyclic) bond motifs is 2. The molecule has 0 aliphatic carbocycles. The minimum atomic E-state index is -0.522. The molecule has 0 saturated heterocycles. The number of hydrogen-bond donors (Lipinski definition) is 1. The molecule has 1 amide bonds. The van der Waals surface area contributed by atoms with E-state index < -0.39 is 5.60 Å². The first-order chi connectivity index (χ1) is 13.2. The van der Waals surface area contributed by atoms with Crippen LogP contribution >= 0.6 is 22.7 Å². The number of hydrogen-bond acceptors (Lipinski definition) is 7. The number of nitrogens with two attached hydrogens (primary N) is 1. The van der Waals surface area contributed by atoms with Gasteiger partial charge in [0.1, 0.15) is 16.1 Å². The van der Waals surface area contributed by atoms with Crippen LogP contribution in [0.2, 0.25) is 0 Å². The van der Waals surface area contributed by atoms with Crippen LogP contribution in [-0.2, 0) is 11.2 Å². The first-order valence-electron chi connectivity index (χ1n) is 9.29. The highest BCUT2D eigenvalue weighted by Gasteiger charge is 2.39. The molecular weight excluding hydrogens is 392 g/mol. The van der Waals surface area contributed by atoms with Crippen LogP contribution in [0.25, 0.3) is 20.8 Å². The van der Waals surface area contributed by atoms with Gasteiger partial charge in [0.2, 0.25) is 0 Å². The molecular formula is C20H24N4O2S2. The fourth-order valence-electron chi connectivity index (χ4n) is 3.72. The lowest BCUT2D eigenvalue weighted by molar-refractivity contribution is 0.00638. The van der Waals surface area contributed by atoms with Crippen molar-refractivity contribution >= 4 is 44.0 Å². The van der Waals surface area contributed by atoms with E-state index in [2.05, 4.69) is 11.9 Å². The summed E-state index contributed by atoms with van der Waals surface area (Å²) in [5, 5.41) is 1.67. The van der Waals surface area contributed by atoms with Gasteiger partial charge in [-0.05, 0) is 52.7 Å². The van der Waals surface area contributed by atoms with Crippen molar-refractivity contribution in [3.63, 3.8) is 0 Å². The number of pyridine rings is 1. The molecule has 3 aromatic rings. The van der Waals surface area contributed by atoms with E-state index in [9.17, 15) is 4.79 Å². The van der Waals surface area contributed by atoms with Crippen LogP contribution in [0.4, 0.5) is 9.80 Å². The standard InChI is InChI=1S/C20H24N4O2S2/c1-10-8-12-15(18-23-13-9-22-7-6-14(13)27-18)17(21)28-16(12)11(2)24(10)19(25)26-20(3,4)5/h6-7,9-11H,8,21H2,1-5H3. The van der Waals surface area contributed by atoms with Crippen molar-refractivity contribution in [3.05, 3.63) is 28.9 Å². The van der Waals surface area contributed by atoms with Crippen LogP contribution < -0.4 is 5.73 Å². The van der Waals surface area contributed by atoms with Gasteiger partial charge in [0.25, 0.3) is 0 Å². The molecule has 8 heteroatoms. The van der Waals surface area contributed by atoms with Crippen molar-refractivity contribution in [2.75, 3.05) is 5.73 Å². The van der Waals surface area contributed by atoms with Gasteiger partial charge in [-0.15, -0.1) is 22.7 Å². The first kappa shape index (κ1) is 19.1. The second-order valence-corrected chi connectivity index (χ2v) is 10.3. The SMILES string of the molecule is CC1Cc2c(sc(N)c2-c2nc3cnccc3s2)C(C)N1C(=O)OC(C)(C)C. The van der Waals surface area contributed by atoms with Gasteiger partial charge in [-0.2, -0.15) is 0 Å². The van der Waals surface area contributed by atoms with Crippen molar-refractivity contribution < 1.29 is 9.53 Å². The Morgan fingerprint density at radius 2 is 2.07 bits per heavy atom. The quantitative estimate of drug-likeness (QED) is 0.586. The molecule has 0 aromatic carbocycles. The maximum absolute atomic E-state index is 12.8. The van der Waals surface area contributed by atoms with Gasteiger partial charge >= 0.3 is 6.09 Å². The Labute approximate surface area is 172 Å². The number of carbonyl (C=O) groups excluding carboxylic acids is 1. The highest BCUT2D eigenvalue weighted by molar-refractivity contribution is 7.22. The molecule has 0 fully saturated rings. The zero-order valence-electron chi connectivity index (χ0n) is 16.6. The molecule has 4 heterocycles. The summed E-state index contributed by atoms with van der Waals surface area (Å²) >= 11 is 3.18. The normalized spacial score (nSPS) is 19.7. The number of nitrogens with zero attached hydrogens (tertiary/aromatic N) is 3. The molecule has 0 saturated carbocycles. The van der Waals surface area contributed by atoms with Crippen molar-refractivity contribution in [1.29, 1.82) is 0 Å². The van der Waals surface area contributed by atoms with Gasteiger partial charge in [0.15, 0.2) is 0 Å². The topological polar surface area (TPSA) is 81.3 Å². The lowest BCUT2D eigenvalue weighted by atomic mass is 9.93. The minimum absolute atomic E-state index is 0.0149. The zero-order valence-corrected chi connectivity index (χ0v) is 18.3. The number of thiazole rings is 1. The average Bonchev–Trinajstić information content (AvgIpc) is 3.13. The lowest BCUT2D eigenvalue weighted by Gasteiger charge is -2.39. The summed E-state index contributed by atoms with van der Waals surface area (Å²) in [6.45, 7) is 9.76. The number of nitrogen functional groups attached to an aromatic ring is 1. The third kappa shape index (κ3) is 3.24. The molecule has 4 rings (SSSR count). The maximum Gasteiger partial charge on any atom is 0.411 e. The van der Waals surface area contributed by atoms with Gasteiger partial charge in [-0.25, -0.2) is 9.78 Å². The van der Waals surface area contributed by atoms with Gasteiger partial charge < -0.3 is 10.5 Å². The number of anilines is 1. The summed E-state index contributed by atoms with van der Waals surface area (Å²) in [5.41, 5.74) is 9.02. The highest BCUT2D eigenvalue weighted by atomic mass is 32.1. The number of rotatable bonds is 1. The first-order valence-corrected chi connectivity index (χ1v) is 10.9. The Balaban J connectivity index is 1.74. The van der Waals surface area contributed by atoms with E-state index in [1.165, 1.54) is 5.56 Å². The van der Waals surface area contributed by atoms with Gasteiger partial charge in [-0.3, -0.25) is 9.88 Å². The molecule has 148 valence electrons. The Kier molecular flexibility index (Phi) is 4.58. The van der Waals surface area contributed by atoms with Crippen LogP contribution in [-0.4, -0.2) is 32.6 Å². The second-order valence-electron chi connectivity index (χ2n) is 8.16. The Hall–Kier alpha value is -2.19. The highest BCUT2D eigenvalue weighted by Crippen LogP contribution is 2.48. The summed E-state index contributed by atoms with van der Waals surface area (Å²) in [6, 6.07) is 1.90. The van der Waals surface area contributed by atoms with Crippen molar-refractivity contribution in [2.45, 2.75) is 58.7 Å². The Morgan fingerprint density at radius 3 is 2.75 bits per heavy atom. The lowest BCUT2D eigenvalue weighted by Crippen LogP contribution is -2.46. The molecule has 2 unspecified atom stereocenters. The predicted octanol–water partition coefficient (Wildman–Crippen LogP) is 5.24.